The van der Waals surface area contributed by atoms with E-state index in [-0.39, 0.29) is 0 Å². The summed E-state index contributed by atoms with van der Waals surface area (Å²) in [5, 5.41) is 8.50. The molecule has 0 amide bonds. The Labute approximate surface area is 184 Å². The van der Waals surface area contributed by atoms with Gasteiger partial charge in [0.05, 0.1) is 25.5 Å². The number of fused-ring (bicyclic) bond motifs is 1. The van der Waals surface area contributed by atoms with E-state index in [2.05, 4.69) is 31.1 Å². The number of rotatable bonds is 5. The maximum Gasteiger partial charge on any atom is 0.232 e. The molecule has 4 aromatic rings. The van der Waals surface area contributed by atoms with Crippen LogP contribution < -0.4 is 9.64 Å². The Morgan fingerprint density at radius 1 is 1.16 bits per heavy atom. The number of aromatic nitrogens is 5. The molecule has 5 rings (SSSR count). The number of halogens is 1. The first-order chi connectivity index (χ1) is 15.2. The van der Waals surface area contributed by atoms with Gasteiger partial charge in [-0.15, -0.1) is 0 Å². The first kappa shape index (κ1) is 19.7. The Balaban J connectivity index is 1.73. The Morgan fingerprint density at radius 2 is 2.03 bits per heavy atom. The van der Waals surface area contributed by atoms with Gasteiger partial charge in [0.1, 0.15) is 22.1 Å². The van der Waals surface area contributed by atoms with Crippen LogP contribution in [0.4, 0.5) is 5.82 Å². The zero-order valence-corrected chi connectivity index (χ0v) is 17.8. The van der Waals surface area contributed by atoms with Gasteiger partial charge in [-0.25, -0.2) is 9.97 Å². The van der Waals surface area contributed by atoms with Crippen molar-refractivity contribution in [3.8, 4) is 28.4 Å². The minimum Gasteiger partial charge on any atom is -0.477 e. The molecule has 0 aliphatic carbocycles. The highest BCUT2D eigenvalue weighted by Gasteiger charge is 2.19. The molecule has 31 heavy (non-hydrogen) atoms. The topological polar surface area (TPSA) is 89.0 Å². The summed E-state index contributed by atoms with van der Waals surface area (Å²) in [5.41, 5.74) is 4.21. The molecular weight excluding hydrogens is 416 g/mol. The van der Waals surface area contributed by atoms with E-state index in [0.29, 0.717) is 30.7 Å². The molecule has 1 aliphatic rings. The maximum absolute atomic E-state index is 6.45. The number of pyridine rings is 3. The Bertz CT molecular complexity index is 1210. The quantitative estimate of drug-likeness (QED) is 0.506. The van der Waals surface area contributed by atoms with Crippen molar-refractivity contribution >= 4 is 28.3 Å². The molecule has 1 aliphatic heterocycles. The van der Waals surface area contributed by atoms with E-state index in [0.717, 1.165) is 52.3 Å². The predicted molar refractivity (Wildman–Crippen MR) is 120 cm³/mol. The van der Waals surface area contributed by atoms with Crippen molar-refractivity contribution < 1.29 is 9.47 Å². The number of nitrogens with zero attached hydrogens (tertiary/aromatic N) is 5. The molecule has 9 heteroatoms. The van der Waals surface area contributed by atoms with Gasteiger partial charge in [0.25, 0.3) is 0 Å². The van der Waals surface area contributed by atoms with Crippen molar-refractivity contribution in [1.82, 2.24) is 25.1 Å². The van der Waals surface area contributed by atoms with E-state index in [9.17, 15) is 0 Å². The van der Waals surface area contributed by atoms with Gasteiger partial charge in [0, 0.05) is 42.6 Å². The highest BCUT2D eigenvalue weighted by molar-refractivity contribution is 6.32. The third-order valence-electron chi connectivity index (χ3n) is 5.20. The van der Waals surface area contributed by atoms with Gasteiger partial charge in [-0.2, -0.15) is 5.10 Å². The number of aromatic amines is 1. The second-order valence-electron chi connectivity index (χ2n) is 7.10. The molecule has 0 atom stereocenters. The van der Waals surface area contributed by atoms with Crippen LogP contribution in [0, 0.1) is 0 Å². The standard InChI is InChI=1S/C22H21ClN6O2/c1-2-31-22-17(23)11-14(13-25-22)16-12-19(29-7-9-30-10-8-29)27-20-15(16)3-5-24-21(20)18-4-6-26-28-18/h3-6,11-13H,2,7-10H2,1H3,(H,26,28). The second-order valence-corrected chi connectivity index (χ2v) is 7.50. The third kappa shape index (κ3) is 3.80. The van der Waals surface area contributed by atoms with E-state index < -0.39 is 0 Å². The van der Waals surface area contributed by atoms with E-state index in [1.54, 1.807) is 18.6 Å². The lowest BCUT2D eigenvalue weighted by molar-refractivity contribution is 0.122. The average molecular weight is 437 g/mol. The Morgan fingerprint density at radius 3 is 2.77 bits per heavy atom. The van der Waals surface area contributed by atoms with Crippen molar-refractivity contribution in [2.24, 2.45) is 0 Å². The smallest absolute Gasteiger partial charge is 0.232 e. The summed E-state index contributed by atoms with van der Waals surface area (Å²) >= 11 is 6.45. The van der Waals surface area contributed by atoms with Crippen LogP contribution >= 0.6 is 11.6 Å². The molecule has 158 valence electrons. The van der Waals surface area contributed by atoms with Crippen LogP contribution in [0.5, 0.6) is 5.88 Å². The van der Waals surface area contributed by atoms with Crippen LogP contribution in [0.15, 0.2) is 42.9 Å². The summed E-state index contributed by atoms with van der Waals surface area (Å²) < 4.78 is 11.0. The van der Waals surface area contributed by atoms with Gasteiger partial charge in [0.15, 0.2) is 0 Å². The first-order valence-electron chi connectivity index (χ1n) is 10.2. The molecule has 1 N–H and O–H groups in total. The van der Waals surface area contributed by atoms with Crippen molar-refractivity contribution in [2.75, 3.05) is 37.8 Å². The predicted octanol–water partition coefficient (Wildman–Crippen LogP) is 3.97. The summed E-state index contributed by atoms with van der Waals surface area (Å²) in [6.07, 6.45) is 5.27. The number of ether oxygens (including phenoxy) is 2. The monoisotopic (exact) mass is 436 g/mol. The lowest BCUT2D eigenvalue weighted by Crippen LogP contribution is -2.36. The van der Waals surface area contributed by atoms with Gasteiger partial charge < -0.3 is 14.4 Å². The van der Waals surface area contributed by atoms with Gasteiger partial charge in [-0.05, 0) is 36.8 Å². The number of hydrogen-bond acceptors (Lipinski definition) is 7. The molecular formula is C22H21ClN6O2. The van der Waals surface area contributed by atoms with E-state index in [4.69, 9.17) is 26.1 Å². The largest absolute Gasteiger partial charge is 0.477 e. The van der Waals surface area contributed by atoms with Crippen LogP contribution in [-0.2, 0) is 4.74 Å². The summed E-state index contributed by atoms with van der Waals surface area (Å²) in [6, 6.07) is 7.82. The average Bonchev–Trinajstić information content (AvgIpc) is 3.35. The minimum absolute atomic E-state index is 0.430. The third-order valence-corrected chi connectivity index (χ3v) is 5.48. The van der Waals surface area contributed by atoms with Crippen LogP contribution in [0.1, 0.15) is 6.92 Å². The molecule has 1 saturated heterocycles. The molecule has 5 heterocycles. The van der Waals surface area contributed by atoms with Gasteiger partial charge >= 0.3 is 0 Å². The molecule has 0 unspecified atom stereocenters. The molecule has 4 aromatic heterocycles. The van der Waals surface area contributed by atoms with Crippen molar-refractivity contribution in [3.63, 3.8) is 0 Å². The Kier molecular flexibility index (Phi) is 5.40. The summed E-state index contributed by atoms with van der Waals surface area (Å²) in [7, 11) is 0. The molecule has 0 bridgehead atoms. The first-order valence-corrected chi connectivity index (χ1v) is 10.5. The van der Waals surface area contributed by atoms with E-state index in [1.807, 2.05) is 25.1 Å². The lowest BCUT2D eigenvalue weighted by Gasteiger charge is -2.28. The molecule has 8 nitrogen and oxygen atoms in total. The Hall–Kier alpha value is -3.23. The molecule has 0 aromatic carbocycles. The number of nitrogens with one attached hydrogen (secondary N) is 1. The fraction of sp³-hybridized carbons (Fsp3) is 0.273. The second kappa shape index (κ2) is 8.49. The summed E-state index contributed by atoms with van der Waals surface area (Å²) in [6.45, 7) is 5.31. The van der Waals surface area contributed by atoms with Gasteiger partial charge in [-0.1, -0.05) is 11.6 Å². The van der Waals surface area contributed by atoms with E-state index in [1.165, 1.54) is 0 Å². The fourth-order valence-electron chi connectivity index (χ4n) is 3.73. The van der Waals surface area contributed by atoms with Crippen LogP contribution in [0.2, 0.25) is 5.02 Å². The van der Waals surface area contributed by atoms with Crippen LogP contribution in [-0.4, -0.2) is 58.1 Å². The van der Waals surface area contributed by atoms with Gasteiger partial charge in [0.2, 0.25) is 5.88 Å². The molecule has 0 spiro atoms. The normalized spacial score (nSPS) is 14.2. The maximum atomic E-state index is 6.45. The number of hydrogen-bond donors (Lipinski definition) is 1. The number of morpholine rings is 1. The number of H-pyrrole nitrogens is 1. The van der Waals surface area contributed by atoms with Crippen molar-refractivity contribution in [2.45, 2.75) is 6.92 Å². The van der Waals surface area contributed by atoms with E-state index >= 15 is 0 Å². The zero-order valence-electron chi connectivity index (χ0n) is 17.0. The van der Waals surface area contributed by atoms with Gasteiger partial charge in [-0.3, -0.25) is 10.1 Å². The highest BCUT2D eigenvalue weighted by Crippen LogP contribution is 2.36. The fourth-order valence-corrected chi connectivity index (χ4v) is 3.95. The molecule has 0 radical (unpaired) electrons. The minimum atomic E-state index is 0.430. The van der Waals surface area contributed by atoms with Crippen molar-refractivity contribution in [1.29, 1.82) is 0 Å². The zero-order chi connectivity index (χ0) is 21.2. The molecule has 1 fully saturated rings. The van der Waals surface area contributed by atoms with Crippen LogP contribution in [0.25, 0.3) is 33.4 Å². The lowest BCUT2D eigenvalue weighted by atomic mass is 10.0. The highest BCUT2D eigenvalue weighted by atomic mass is 35.5. The van der Waals surface area contributed by atoms with Crippen LogP contribution in [0.3, 0.4) is 0 Å². The molecule has 0 saturated carbocycles. The van der Waals surface area contributed by atoms with Crippen molar-refractivity contribution in [3.05, 3.63) is 47.9 Å². The number of anilines is 1. The SMILES string of the molecule is CCOc1ncc(-c2cc(N3CCOCC3)nc3c(-c4ccn[nH]4)nccc23)cc1Cl. The summed E-state index contributed by atoms with van der Waals surface area (Å²) in [4.78, 5) is 16.2. The summed E-state index contributed by atoms with van der Waals surface area (Å²) in [5.74, 6) is 1.30.